The minimum absolute atomic E-state index is 0. The van der Waals surface area contributed by atoms with Gasteiger partial charge in [-0.15, -0.1) is 12.2 Å². The third-order valence-corrected chi connectivity index (χ3v) is 6.60. The Hall–Kier alpha value is -4.80. The second-order valence-electron chi connectivity index (χ2n) is 10.6. The Morgan fingerprint density at radius 1 is 0.754 bits per heavy atom. The normalized spacial score (nSPS) is 9.74. The average Bonchev–Trinajstić information content (AvgIpc) is 3.14. The Kier molecular flexibility index (Phi) is 29.8. The first-order valence-electron chi connectivity index (χ1n) is 16.1. The van der Waals surface area contributed by atoms with Crippen LogP contribution in [0.1, 0.15) is 39.8 Å². The van der Waals surface area contributed by atoms with Gasteiger partial charge in [-0.2, -0.15) is 6.42 Å². The Morgan fingerprint density at radius 2 is 1.19 bits per heavy atom. The molecule has 292 valence electrons. The molecule has 3 aromatic carbocycles. The smallest absolute Gasteiger partial charge is 0.681 e. The van der Waals surface area contributed by atoms with Crippen LogP contribution >= 0.6 is 0 Å². The Bertz CT molecular complexity index is 1730. The van der Waals surface area contributed by atoms with Crippen molar-refractivity contribution in [1.82, 2.24) is 5.32 Å². The second kappa shape index (κ2) is 31.3. The summed E-state index contributed by atoms with van der Waals surface area (Å²) in [6.07, 6.45) is -0.581. The number of amides is 2. The zero-order valence-corrected chi connectivity index (χ0v) is 34.7. The molecule has 1 aliphatic heterocycles. The predicted octanol–water partition coefficient (Wildman–Crippen LogP) is 5.90. The number of anilines is 2. The summed E-state index contributed by atoms with van der Waals surface area (Å²) < 4.78 is 25.1. The molecule has 4 N–H and O–H groups in total. The number of benzene rings is 3. The van der Waals surface area contributed by atoms with Gasteiger partial charge in [0, 0.05) is 11.1 Å². The van der Waals surface area contributed by atoms with Crippen molar-refractivity contribution in [2.75, 3.05) is 24.2 Å². The van der Waals surface area contributed by atoms with Gasteiger partial charge in [0.25, 0.3) is 6.47 Å². The van der Waals surface area contributed by atoms with E-state index in [1.54, 1.807) is 24.3 Å². The molecule has 21 heteroatoms. The fourth-order valence-electron chi connectivity index (χ4n) is 4.24. The van der Waals surface area contributed by atoms with Crippen LogP contribution in [-0.4, -0.2) is 86.3 Å². The van der Waals surface area contributed by atoms with Gasteiger partial charge in [-0.25, -0.2) is 9.59 Å². The van der Waals surface area contributed by atoms with Gasteiger partial charge in [0.2, 0.25) is 41.1 Å². The van der Waals surface area contributed by atoms with Crippen molar-refractivity contribution in [2.45, 2.75) is 52.8 Å². The third-order valence-electron chi connectivity index (χ3n) is 6.60. The first-order chi connectivity index (χ1) is 26.3. The molecule has 3 aromatic rings. The van der Waals surface area contributed by atoms with Crippen molar-refractivity contribution in [2.24, 2.45) is 0 Å². The molecule has 57 heavy (non-hydrogen) atoms. The van der Waals surface area contributed by atoms with Crippen LogP contribution in [0.4, 0.5) is 41.0 Å². The number of rotatable bonds is 15. The number of hydrogen-bond donors (Lipinski definition) is 4. The quantitative estimate of drug-likeness (QED) is 0.0607. The number of carboxylic acid groups (broad SMARTS) is 1. The van der Waals surface area contributed by atoms with Crippen molar-refractivity contribution in [3.63, 3.8) is 0 Å². The first-order valence-corrected chi connectivity index (χ1v) is 16.1. The molecule has 16 nitrogen and oxygen atoms in total. The number of hydrogen-bond acceptors (Lipinski definition) is 12. The molecule has 0 fully saturated rings. The van der Waals surface area contributed by atoms with Crippen LogP contribution in [0.5, 0.6) is 0 Å². The number of carbonyl (C=O) groups excluding carboxylic acids is 5. The summed E-state index contributed by atoms with van der Waals surface area (Å²) in [7, 11) is 20.5. The molecule has 1 aliphatic rings. The van der Waals surface area contributed by atoms with E-state index in [-0.39, 0.29) is 85.3 Å². The molecule has 0 atom stereocenters. The molecule has 0 aromatic heterocycles. The van der Waals surface area contributed by atoms with Crippen LogP contribution in [0.3, 0.4) is 0 Å². The minimum Gasteiger partial charge on any atom is -0.681 e. The maximum atomic E-state index is 12.6. The summed E-state index contributed by atoms with van der Waals surface area (Å²) in [5.41, 5.74) is 5.22. The number of nitrogens with zero attached hydrogens (tertiary/aromatic N) is 1. The molecule has 0 saturated heterocycles. The van der Waals surface area contributed by atoms with Gasteiger partial charge in [-0.1, -0.05) is 42.7 Å². The zero-order chi connectivity index (χ0) is 41.2. The monoisotopic (exact) mass is 854 g/mol. The van der Waals surface area contributed by atoms with Gasteiger partial charge < -0.3 is 53.8 Å². The third kappa shape index (κ3) is 23.1. The molecule has 0 unspecified atom stereocenters. The summed E-state index contributed by atoms with van der Waals surface area (Å²) in [6, 6.07) is 14.9. The Balaban J connectivity index is 0. The van der Waals surface area contributed by atoms with E-state index in [9.17, 15) is 24.0 Å². The molecule has 1 heterocycles. The van der Waals surface area contributed by atoms with E-state index in [1.165, 1.54) is 19.0 Å². The molecular weight excluding hydrogens is 813 g/mol. The van der Waals surface area contributed by atoms with E-state index < -0.39 is 29.8 Å². The number of nitrogens with one attached hydrogen (secondary N) is 3. The fourth-order valence-corrected chi connectivity index (χ4v) is 4.24. The van der Waals surface area contributed by atoms with E-state index in [4.69, 9.17) is 49.3 Å². The summed E-state index contributed by atoms with van der Waals surface area (Å²) >= 11 is 0. The molecule has 0 spiro atoms. The SMILES string of the molecule is [B]C.[B]C(=O)O.[B]C(=O)OCc1ccc(NC(=O)OCc2ccc(NC(=O)OCc3ccc4c(c3)C[N-]4)c(COC([B])=O)c2)c(COC=O)c1.[CH2-]CCNC.[CH3-].[Y+3]. The largest absolute Gasteiger partial charge is 3.00 e. The zero-order valence-electron chi connectivity index (χ0n) is 31.9. The van der Waals surface area contributed by atoms with Gasteiger partial charge in [-0.3, -0.25) is 29.8 Å². The van der Waals surface area contributed by atoms with Gasteiger partial charge >= 0.3 is 44.9 Å². The summed E-state index contributed by atoms with van der Waals surface area (Å²) in [4.78, 5) is 66.6. The van der Waals surface area contributed by atoms with E-state index in [2.05, 4.69) is 43.9 Å². The van der Waals surface area contributed by atoms with E-state index in [0.29, 0.717) is 34.5 Å². The van der Waals surface area contributed by atoms with Gasteiger partial charge in [0.1, 0.15) is 33.0 Å². The van der Waals surface area contributed by atoms with Crippen LogP contribution in [0.2, 0.25) is 6.82 Å². The van der Waals surface area contributed by atoms with Gasteiger partial charge in [0.15, 0.2) is 0 Å². The van der Waals surface area contributed by atoms with Crippen LogP contribution in [-0.2, 0) is 101 Å². The van der Waals surface area contributed by atoms with Gasteiger partial charge in [0.05, 0.1) is 19.2 Å². The second-order valence-corrected chi connectivity index (χ2v) is 10.6. The molecule has 4 rings (SSSR count). The van der Waals surface area contributed by atoms with Crippen molar-refractivity contribution < 1.29 is 90.3 Å². The van der Waals surface area contributed by atoms with Crippen molar-refractivity contribution in [1.29, 1.82) is 0 Å². The van der Waals surface area contributed by atoms with Crippen LogP contribution in [0.15, 0.2) is 54.6 Å². The van der Waals surface area contributed by atoms with E-state index in [0.717, 1.165) is 29.8 Å². The molecule has 0 aliphatic carbocycles. The maximum Gasteiger partial charge on any atom is 3.00 e. The van der Waals surface area contributed by atoms with E-state index >= 15 is 0 Å². The Morgan fingerprint density at radius 3 is 1.58 bits per heavy atom. The number of ether oxygens (including phenoxy) is 5. The van der Waals surface area contributed by atoms with Crippen molar-refractivity contribution in [3.8, 4) is 0 Å². The summed E-state index contributed by atoms with van der Waals surface area (Å²) in [5, 5.41) is 19.5. The van der Waals surface area contributed by atoms with E-state index in [1.807, 2.05) is 25.2 Å². The number of carbonyl (C=O) groups is 6. The predicted molar refractivity (Wildman–Crippen MR) is 212 cm³/mol. The first kappa shape index (κ1) is 54.3. The molecule has 0 saturated carbocycles. The van der Waals surface area contributed by atoms with Gasteiger partial charge in [-0.05, 0) is 54.5 Å². The minimum atomic E-state index is -1.33. The number of fused-ring (bicyclic) bond motifs is 1. The van der Waals surface area contributed by atoms with Crippen LogP contribution in [0.25, 0.3) is 5.32 Å². The topological polar surface area (TPSA) is 219 Å². The summed E-state index contributed by atoms with van der Waals surface area (Å²) in [6.45, 7) is 6.30. The fraction of sp³-hybridized carbons (Fsp3) is 0.278. The standard InChI is InChI=1S/C29H24B2N3O10.C4H10N.CHBO2.CH3B.CH3.Y/c30-26(36)41-11-18-2-5-24(21(8-18)14-40-16-35)33-28(38)44-13-19-3-6-25(22(9-19)15-42-27(31)37)34-29(39)43-12-17-1-4-23-20(7-17)10-32-23;1-3-4-5-2;2-1(3)4;1-2;;/h1-9,16H,10-15H2,(H,33,38)(H,34,39);5H,1,3-4H2,2H3;(H,3,4);1H3;1H3;/q2*-1;;;-1;+3. The molecular formula is C36H41B4N4O12Y. The molecule has 8 radical (unpaired) electrons. The average molecular weight is 854 g/mol. The molecule has 2 amide bonds. The Labute approximate surface area is 363 Å². The van der Waals surface area contributed by atoms with Crippen molar-refractivity contribution >= 4 is 84.7 Å². The van der Waals surface area contributed by atoms with Crippen LogP contribution < -0.4 is 16.0 Å². The van der Waals surface area contributed by atoms with Crippen molar-refractivity contribution in [3.05, 3.63) is 108 Å². The maximum absolute atomic E-state index is 12.6. The molecule has 0 bridgehead atoms. The van der Waals surface area contributed by atoms with Crippen LogP contribution in [0, 0.1) is 14.4 Å². The summed E-state index contributed by atoms with van der Waals surface area (Å²) in [5.74, 6) is -3.31.